The van der Waals surface area contributed by atoms with E-state index in [1.54, 1.807) is 0 Å². The second-order valence-corrected chi connectivity index (χ2v) is 6.96. The Kier molecular flexibility index (Phi) is 5.57. The number of nitrogens with zero attached hydrogens (tertiary/aromatic N) is 1. The number of rotatable bonds is 5. The number of benzene rings is 1. The van der Waals surface area contributed by atoms with E-state index < -0.39 is 0 Å². The van der Waals surface area contributed by atoms with E-state index >= 15 is 0 Å². The van der Waals surface area contributed by atoms with Gasteiger partial charge in [-0.25, -0.2) is 0 Å². The fraction of sp³-hybridized carbons (Fsp3) is 0.647. The highest BCUT2D eigenvalue weighted by Gasteiger charge is 2.18. The van der Waals surface area contributed by atoms with E-state index in [1.807, 2.05) is 0 Å². The van der Waals surface area contributed by atoms with E-state index in [-0.39, 0.29) is 0 Å². The summed E-state index contributed by atoms with van der Waals surface area (Å²) in [7, 11) is 4.26. The normalized spacial score (nSPS) is 13.9. The minimum Gasteiger partial charge on any atom is -0.312 e. The van der Waals surface area contributed by atoms with Crippen molar-refractivity contribution in [2.24, 2.45) is 5.41 Å². The van der Waals surface area contributed by atoms with Gasteiger partial charge in [-0.15, -0.1) is 0 Å². The maximum atomic E-state index is 3.46. The fourth-order valence-corrected chi connectivity index (χ4v) is 2.67. The summed E-state index contributed by atoms with van der Waals surface area (Å²) in [4.78, 5) is 2.42. The van der Waals surface area contributed by atoms with Crippen LogP contribution in [0.25, 0.3) is 0 Å². The highest BCUT2D eigenvalue weighted by atomic mass is 15.1. The molecule has 2 nitrogen and oxygen atoms in total. The monoisotopic (exact) mass is 262 g/mol. The van der Waals surface area contributed by atoms with Crippen molar-refractivity contribution in [1.82, 2.24) is 10.2 Å². The van der Waals surface area contributed by atoms with Crippen molar-refractivity contribution in [3.8, 4) is 0 Å². The van der Waals surface area contributed by atoms with Crippen LogP contribution in [-0.2, 0) is 0 Å². The van der Waals surface area contributed by atoms with E-state index in [0.717, 1.165) is 13.1 Å². The zero-order chi connectivity index (χ0) is 14.6. The van der Waals surface area contributed by atoms with Crippen LogP contribution < -0.4 is 5.32 Å². The van der Waals surface area contributed by atoms with Crippen LogP contribution in [0.15, 0.2) is 18.2 Å². The van der Waals surface area contributed by atoms with Crippen LogP contribution in [0.4, 0.5) is 0 Å². The second-order valence-electron chi connectivity index (χ2n) is 6.96. The highest BCUT2D eigenvalue weighted by Crippen LogP contribution is 2.21. The Balaban J connectivity index is 2.80. The van der Waals surface area contributed by atoms with Crippen LogP contribution in [0.2, 0.25) is 0 Å². The first-order valence-electron chi connectivity index (χ1n) is 7.16. The quantitative estimate of drug-likeness (QED) is 0.873. The first-order chi connectivity index (χ1) is 8.73. The predicted molar refractivity (Wildman–Crippen MR) is 84.7 cm³/mol. The molecule has 0 aliphatic rings. The lowest BCUT2D eigenvalue weighted by Crippen LogP contribution is -2.36. The van der Waals surface area contributed by atoms with Crippen LogP contribution >= 0.6 is 0 Å². The molecule has 0 radical (unpaired) electrons. The van der Waals surface area contributed by atoms with Crippen molar-refractivity contribution in [2.45, 2.75) is 40.7 Å². The van der Waals surface area contributed by atoms with Gasteiger partial charge in [0.2, 0.25) is 0 Å². The smallest absolute Gasteiger partial charge is 0.0449 e. The summed E-state index contributed by atoms with van der Waals surface area (Å²) in [5, 5.41) is 3.46. The summed E-state index contributed by atoms with van der Waals surface area (Å²) < 4.78 is 0. The summed E-state index contributed by atoms with van der Waals surface area (Å²) in [6, 6.07) is 7.11. The molecule has 1 unspecified atom stereocenters. The van der Waals surface area contributed by atoms with Crippen molar-refractivity contribution >= 4 is 0 Å². The van der Waals surface area contributed by atoms with Gasteiger partial charge in [0.1, 0.15) is 0 Å². The molecule has 0 aliphatic carbocycles. The Morgan fingerprint density at radius 1 is 1.21 bits per heavy atom. The van der Waals surface area contributed by atoms with Crippen LogP contribution in [0.3, 0.4) is 0 Å². The summed E-state index contributed by atoms with van der Waals surface area (Å²) >= 11 is 0. The zero-order valence-electron chi connectivity index (χ0n) is 13.7. The molecule has 0 aliphatic heterocycles. The van der Waals surface area contributed by atoms with Gasteiger partial charge in [0.25, 0.3) is 0 Å². The first-order valence-corrected chi connectivity index (χ1v) is 7.16. The summed E-state index contributed by atoms with van der Waals surface area (Å²) in [6.45, 7) is 13.4. The molecule has 0 bridgehead atoms. The van der Waals surface area contributed by atoms with Gasteiger partial charge in [-0.3, -0.25) is 0 Å². The molecular formula is C17H30N2. The molecule has 1 aromatic rings. The average Bonchev–Trinajstić information content (AvgIpc) is 2.27. The molecule has 0 fully saturated rings. The Bertz CT molecular complexity index is 404. The third-order valence-electron chi connectivity index (χ3n) is 3.40. The second kappa shape index (κ2) is 6.53. The topological polar surface area (TPSA) is 15.3 Å². The standard InChI is InChI=1S/C17H30N2/c1-13-8-9-14(2)15(10-13)16(18-6)11-19(7)12-17(3,4)5/h8-10,16,18H,11-12H2,1-7H3. The molecule has 19 heavy (non-hydrogen) atoms. The van der Waals surface area contributed by atoms with E-state index in [4.69, 9.17) is 0 Å². The number of hydrogen-bond donors (Lipinski definition) is 1. The van der Waals surface area contributed by atoms with Gasteiger partial charge in [-0.1, -0.05) is 44.5 Å². The average molecular weight is 262 g/mol. The summed E-state index contributed by atoms with van der Waals surface area (Å²) in [5.41, 5.74) is 4.46. The third-order valence-corrected chi connectivity index (χ3v) is 3.40. The van der Waals surface area contributed by atoms with Gasteiger partial charge in [-0.2, -0.15) is 0 Å². The summed E-state index contributed by atoms with van der Waals surface area (Å²) in [5.74, 6) is 0. The van der Waals surface area contributed by atoms with Crippen LogP contribution in [-0.4, -0.2) is 32.1 Å². The molecule has 0 spiro atoms. The van der Waals surface area contributed by atoms with Crippen molar-refractivity contribution in [3.63, 3.8) is 0 Å². The molecule has 0 saturated heterocycles. The molecule has 0 heterocycles. The maximum absolute atomic E-state index is 3.46. The van der Waals surface area contributed by atoms with Crippen molar-refractivity contribution in [2.75, 3.05) is 27.2 Å². The molecule has 1 aromatic carbocycles. The molecule has 1 rings (SSSR count). The first kappa shape index (κ1) is 16.2. The largest absolute Gasteiger partial charge is 0.312 e. The highest BCUT2D eigenvalue weighted by molar-refractivity contribution is 5.33. The maximum Gasteiger partial charge on any atom is 0.0449 e. The van der Waals surface area contributed by atoms with E-state index in [9.17, 15) is 0 Å². The molecule has 1 N–H and O–H groups in total. The molecule has 0 saturated carbocycles. The Labute approximate surface area is 119 Å². The lowest BCUT2D eigenvalue weighted by Gasteiger charge is -2.30. The van der Waals surface area contributed by atoms with E-state index in [2.05, 4.69) is 77.1 Å². The van der Waals surface area contributed by atoms with Gasteiger partial charge >= 0.3 is 0 Å². The molecule has 0 amide bonds. The van der Waals surface area contributed by atoms with E-state index in [1.165, 1.54) is 16.7 Å². The van der Waals surface area contributed by atoms with Crippen LogP contribution in [0, 0.1) is 19.3 Å². The number of hydrogen-bond acceptors (Lipinski definition) is 2. The Morgan fingerprint density at radius 2 is 1.84 bits per heavy atom. The van der Waals surface area contributed by atoms with Gasteiger partial charge in [0.05, 0.1) is 0 Å². The van der Waals surface area contributed by atoms with Crippen molar-refractivity contribution in [1.29, 1.82) is 0 Å². The number of nitrogens with one attached hydrogen (secondary N) is 1. The lowest BCUT2D eigenvalue weighted by atomic mass is 9.95. The minimum atomic E-state index is 0.342. The Hall–Kier alpha value is -0.860. The Morgan fingerprint density at radius 3 is 2.37 bits per heavy atom. The fourth-order valence-electron chi connectivity index (χ4n) is 2.67. The van der Waals surface area contributed by atoms with Crippen molar-refractivity contribution in [3.05, 3.63) is 34.9 Å². The molecule has 0 aromatic heterocycles. The van der Waals surface area contributed by atoms with Crippen molar-refractivity contribution < 1.29 is 0 Å². The van der Waals surface area contributed by atoms with Crippen LogP contribution in [0.1, 0.15) is 43.5 Å². The van der Waals surface area contributed by atoms with E-state index in [0.29, 0.717) is 11.5 Å². The molecular weight excluding hydrogens is 232 g/mol. The zero-order valence-corrected chi connectivity index (χ0v) is 13.7. The molecule has 2 heteroatoms. The van der Waals surface area contributed by atoms with Gasteiger partial charge < -0.3 is 10.2 Å². The molecule has 108 valence electrons. The van der Waals surface area contributed by atoms with Gasteiger partial charge in [-0.05, 0) is 44.5 Å². The number of aryl methyl sites for hydroxylation is 2. The SMILES string of the molecule is CNC(CN(C)CC(C)(C)C)c1cc(C)ccc1C. The molecule has 1 atom stereocenters. The lowest BCUT2D eigenvalue weighted by molar-refractivity contribution is 0.210. The third kappa shape index (κ3) is 5.33. The van der Waals surface area contributed by atoms with Gasteiger partial charge in [0.15, 0.2) is 0 Å². The predicted octanol–water partition coefficient (Wildman–Crippen LogP) is 3.54. The summed E-state index contributed by atoms with van der Waals surface area (Å²) in [6.07, 6.45) is 0. The number of likely N-dealkylation sites (N-methyl/N-ethyl adjacent to an activating group) is 2. The van der Waals surface area contributed by atoms with Gasteiger partial charge in [0, 0.05) is 19.1 Å². The minimum absolute atomic E-state index is 0.342. The van der Waals surface area contributed by atoms with Crippen LogP contribution in [0.5, 0.6) is 0 Å².